The van der Waals surface area contributed by atoms with Gasteiger partial charge in [0.05, 0.1) is 22.9 Å². The molecule has 1 aliphatic heterocycles. The van der Waals surface area contributed by atoms with E-state index < -0.39 is 5.54 Å². The van der Waals surface area contributed by atoms with Crippen molar-refractivity contribution in [2.75, 3.05) is 32.1 Å². The van der Waals surface area contributed by atoms with Gasteiger partial charge in [-0.05, 0) is 51.6 Å². The van der Waals surface area contributed by atoms with Crippen LogP contribution in [-0.2, 0) is 10.3 Å². The van der Waals surface area contributed by atoms with Gasteiger partial charge in [-0.2, -0.15) is 5.10 Å². The maximum atomic E-state index is 13.3. The molecule has 9 nitrogen and oxygen atoms in total. The Hall–Kier alpha value is -3.46. The number of carbonyl (C=O) groups is 2. The first kappa shape index (κ1) is 20.4. The normalized spacial score (nSPS) is 17.3. The van der Waals surface area contributed by atoms with Crippen LogP contribution in [0.2, 0.25) is 0 Å². The molecule has 166 valence electrons. The summed E-state index contributed by atoms with van der Waals surface area (Å²) >= 11 is 0. The average Bonchev–Trinajstić information content (AvgIpc) is 3.37. The summed E-state index contributed by atoms with van der Waals surface area (Å²) in [6.07, 6.45) is 4.65. The van der Waals surface area contributed by atoms with Crippen LogP contribution >= 0.6 is 0 Å². The molecule has 1 N–H and O–H groups in total. The molecule has 0 spiro atoms. The maximum absolute atomic E-state index is 13.3. The Balaban J connectivity index is 1.39. The topological polar surface area (TPSA) is 92.1 Å². The van der Waals surface area contributed by atoms with Gasteiger partial charge in [-0.25, -0.2) is 9.50 Å². The van der Waals surface area contributed by atoms with E-state index in [0.29, 0.717) is 29.3 Å². The van der Waals surface area contributed by atoms with Crippen LogP contribution in [0.5, 0.6) is 5.75 Å². The molecule has 1 saturated heterocycles. The lowest BCUT2D eigenvalue weighted by molar-refractivity contribution is -0.120. The van der Waals surface area contributed by atoms with Gasteiger partial charge in [0.25, 0.3) is 12.4 Å². The van der Waals surface area contributed by atoms with Crippen LogP contribution in [0, 0.1) is 6.92 Å². The number of hydrogen-bond donors (Lipinski definition) is 1. The van der Waals surface area contributed by atoms with E-state index in [1.807, 2.05) is 19.1 Å². The van der Waals surface area contributed by atoms with E-state index in [0.717, 1.165) is 42.9 Å². The fraction of sp³-hybridized carbons (Fsp3) is 0.391. The third-order valence-electron chi connectivity index (χ3n) is 6.54. The molecule has 9 heteroatoms. The predicted molar refractivity (Wildman–Crippen MR) is 119 cm³/mol. The van der Waals surface area contributed by atoms with Gasteiger partial charge in [0.15, 0.2) is 5.75 Å². The number of rotatable bonds is 7. The zero-order chi connectivity index (χ0) is 22.5. The Morgan fingerprint density at radius 2 is 2.06 bits per heavy atom. The van der Waals surface area contributed by atoms with Crippen molar-refractivity contribution in [3.05, 3.63) is 53.6 Å². The van der Waals surface area contributed by atoms with Crippen LogP contribution in [0.4, 0.5) is 5.69 Å². The molecule has 5 rings (SSSR count). The second-order valence-corrected chi connectivity index (χ2v) is 8.89. The Bertz CT molecular complexity index is 1190. The number of fused-ring (bicyclic) bond motifs is 1. The number of nitrogens with zero attached hydrogens (tertiary/aromatic N) is 5. The predicted octanol–water partition coefficient (Wildman–Crippen LogP) is 1.74. The molecule has 1 aliphatic carbocycles. The molecule has 3 heterocycles. The second-order valence-electron chi connectivity index (χ2n) is 8.89. The van der Waals surface area contributed by atoms with E-state index in [2.05, 4.69) is 45.4 Å². The molecule has 1 saturated carbocycles. The number of carbonyl (C=O) groups excluding carboxylic acids is 2. The molecular weight excluding hydrogens is 408 g/mol. The van der Waals surface area contributed by atoms with Crippen LogP contribution in [0.25, 0.3) is 5.52 Å². The first-order chi connectivity index (χ1) is 15.4. The third-order valence-corrected chi connectivity index (χ3v) is 6.54. The van der Waals surface area contributed by atoms with Gasteiger partial charge in [-0.3, -0.25) is 9.59 Å². The van der Waals surface area contributed by atoms with Gasteiger partial charge in [-0.1, -0.05) is 6.07 Å². The van der Waals surface area contributed by atoms with Gasteiger partial charge < -0.3 is 19.9 Å². The highest BCUT2D eigenvalue weighted by Gasteiger charge is 2.49. The number of amides is 1. The summed E-state index contributed by atoms with van der Waals surface area (Å²) in [7, 11) is 4.18. The highest BCUT2D eigenvalue weighted by atomic mass is 16.5. The minimum absolute atomic E-state index is 0.112. The second kappa shape index (κ2) is 7.59. The van der Waals surface area contributed by atoms with Crippen molar-refractivity contribution in [1.82, 2.24) is 24.8 Å². The van der Waals surface area contributed by atoms with E-state index in [1.54, 1.807) is 16.8 Å². The molecule has 1 amide bonds. The first-order valence-electron chi connectivity index (χ1n) is 10.7. The molecule has 0 atom stereocenters. The number of aromatic nitrogens is 3. The zero-order valence-electron chi connectivity index (χ0n) is 18.4. The van der Waals surface area contributed by atoms with Crippen LogP contribution in [0.15, 0.2) is 36.8 Å². The summed E-state index contributed by atoms with van der Waals surface area (Å²) in [4.78, 5) is 33.0. The number of ether oxygens (including phenoxy) is 1. The Labute approximate surface area is 186 Å². The number of aryl methyl sites for hydroxylation is 1. The molecule has 0 radical (unpaired) electrons. The van der Waals surface area contributed by atoms with Crippen molar-refractivity contribution in [3.8, 4) is 5.75 Å². The fourth-order valence-electron chi connectivity index (χ4n) is 4.27. The van der Waals surface area contributed by atoms with Gasteiger partial charge in [0.1, 0.15) is 6.33 Å². The summed E-state index contributed by atoms with van der Waals surface area (Å²) in [5.41, 5.74) is 3.56. The van der Waals surface area contributed by atoms with Crippen molar-refractivity contribution >= 4 is 23.6 Å². The summed E-state index contributed by atoms with van der Waals surface area (Å²) in [6, 6.07) is 8.32. The smallest absolute Gasteiger partial charge is 0.298 e. The first-order valence-corrected chi connectivity index (χ1v) is 10.7. The Morgan fingerprint density at radius 3 is 2.75 bits per heavy atom. The molecule has 2 fully saturated rings. The van der Waals surface area contributed by atoms with E-state index in [-0.39, 0.29) is 5.91 Å². The molecule has 2 aromatic heterocycles. The summed E-state index contributed by atoms with van der Waals surface area (Å²) in [6.45, 7) is 4.25. The van der Waals surface area contributed by atoms with Crippen molar-refractivity contribution in [1.29, 1.82) is 0 Å². The van der Waals surface area contributed by atoms with E-state index in [9.17, 15) is 9.59 Å². The summed E-state index contributed by atoms with van der Waals surface area (Å²) < 4.78 is 6.57. The third kappa shape index (κ3) is 3.48. The van der Waals surface area contributed by atoms with E-state index >= 15 is 0 Å². The number of hydrogen-bond acceptors (Lipinski definition) is 7. The lowest BCUT2D eigenvalue weighted by Crippen LogP contribution is -2.57. The molecular formula is C23H26N6O3. The van der Waals surface area contributed by atoms with Crippen LogP contribution in [-0.4, -0.2) is 65.1 Å². The minimum Gasteiger partial charge on any atom is -0.427 e. The SMILES string of the molecule is Cc1ccc(N2CC(N(C)C)C2)cc1C(=O)NC1(c2ncnn3cc(OC=O)cc23)CC1. The fourth-order valence-corrected chi connectivity index (χ4v) is 4.27. The van der Waals surface area contributed by atoms with Gasteiger partial charge in [0, 0.05) is 36.4 Å². The largest absolute Gasteiger partial charge is 0.427 e. The summed E-state index contributed by atoms with van der Waals surface area (Å²) in [5, 5.41) is 7.41. The van der Waals surface area contributed by atoms with Crippen LogP contribution in [0.3, 0.4) is 0 Å². The van der Waals surface area contributed by atoms with Crippen molar-refractivity contribution in [3.63, 3.8) is 0 Å². The average molecular weight is 435 g/mol. The van der Waals surface area contributed by atoms with Gasteiger partial charge >= 0.3 is 0 Å². The van der Waals surface area contributed by atoms with Gasteiger partial charge in [0.2, 0.25) is 0 Å². The van der Waals surface area contributed by atoms with Crippen molar-refractivity contribution in [2.24, 2.45) is 0 Å². The highest BCUT2D eigenvalue weighted by molar-refractivity contribution is 5.97. The quantitative estimate of drug-likeness (QED) is 0.567. The minimum atomic E-state index is -0.548. The molecule has 0 unspecified atom stereocenters. The zero-order valence-corrected chi connectivity index (χ0v) is 18.4. The lowest BCUT2D eigenvalue weighted by atomic mass is 10.0. The van der Waals surface area contributed by atoms with Crippen LogP contribution < -0.4 is 15.0 Å². The standard InChI is InChI=1S/C23H26N6O3/c1-15-4-5-16(28-10-17(11-28)27(2)3)8-19(15)22(31)26-23(6-7-23)21-20-9-18(32-14-30)12-29(20)25-13-24-21/h4-5,8-9,12-14,17H,6-7,10-11H2,1-3H3,(H,26,31). The van der Waals surface area contributed by atoms with Crippen molar-refractivity contribution in [2.45, 2.75) is 31.3 Å². The molecule has 3 aromatic rings. The summed E-state index contributed by atoms with van der Waals surface area (Å²) in [5.74, 6) is 0.275. The molecule has 1 aromatic carbocycles. The maximum Gasteiger partial charge on any atom is 0.298 e. The van der Waals surface area contributed by atoms with E-state index in [1.165, 1.54) is 6.33 Å². The van der Waals surface area contributed by atoms with Gasteiger partial charge in [-0.15, -0.1) is 0 Å². The molecule has 2 aliphatic rings. The van der Waals surface area contributed by atoms with E-state index in [4.69, 9.17) is 4.74 Å². The Morgan fingerprint density at radius 1 is 1.28 bits per heavy atom. The highest BCUT2D eigenvalue weighted by Crippen LogP contribution is 2.46. The Kier molecular flexibility index (Phi) is 4.85. The van der Waals surface area contributed by atoms with Crippen LogP contribution in [0.1, 0.15) is 34.5 Å². The number of anilines is 1. The number of benzene rings is 1. The monoisotopic (exact) mass is 434 g/mol. The lowest BCUT2D eigenvalue weighted by Gasteiger charge is -2.44. The molecule has 32 heavy (non-hydrogen) atoms. The molecule has 0 bridgehead atoms. The number of likely N-dealkylation sites (N-methyl/N-ethyl adjacent to an activating group) is 1. The van der Waals surface area contributed by atoms with Crippen molar-refractivity contribution < 1.29 is 14.3 Å². The number of nitrogens with one attached hydrogen (secondary N) is 1.